The van der Waals surface area contributed by atoms with Gasteiger partial charge in [0, 0.05) is 10.6 Å². The van der Waals surface area contributed by atoms with Gasteiger partial charge in [0.1, 0.15) is 11.0 Å². The lowest BCUT2D eigenvalue weighted by Gasteiger charge is -2.03. The third-order valence-corrected chi connectivity index (χ3v) is 4.47. The van der Waals surface area contributed by atoms with E-state index in [0.29, 0.717) is 33.5 Å². The van der Waals surface area contributed by atoms with Gasteiger partial charge in [0.2, 0.25) is 0 Å². The van der Waals surface area contributed by atoms with E-state index >= 15 is 0 Å². The van der Waals surface area contributed by atoms with Gasteiger partial charge >= 0.3 is 0 Å². The lowest BCUT2D eigenvalue weighted by atomic mass is 10.2. The summed E-state index contributed by atoms with van der Waals surface area (Å²) in [7, 11) is 0. The van der Waals surface area contributed by atoms with E-state index < -0.39 is 11.7 Å². The molecule has 1 amide bonds. The second-order valence-electron chi connectivity index (χ2n) is 5.78. The number of hydrazone groups is 1. The quantitative estimate of drug-likeness (QED) is 0.504. The van der Waals surface area contributed by atoms with Crippen molar-refractivity contribution in [3.05, 3.63) is 86.9 Å². The fourth-order valence-corrected chi connectivity index (χ4v) is 2.81. The molecule has 1 heterocycles. The molecule has 27 heavy (non-hydrogen) atoms. The summed E-state index contributed by atoms with van der Waals surface area (Å²) < 4.78 is 14.5. The number of nitrogens with one attached hydrogen (secondary N) is 1. The smallest absolute Gasteiger partial charge is 0.267 e. The molecule has 0 saturated carbocycles. The van der Waals surface area contributed by atoms with Crippen LogP contribution in [0.5, 0.6) is 0 Å². The van der Waals surface area contributed by atoms with Gasteiger partial charge in [-0.2, -0.15) is 10.2 Å². The zero-order valence-electron chi connectivity index (χ0n) is 14.3. The summed E-state index contributed by atoms with van der Waals surface area (Å²) in [6, 6.07) is 12.6. The molecule has 3 rings (SSSR count). The van der Waals surface area contributed by atoms with E-state index in [9.17, 15) is 9.18 Å². The molecule has 0 saturated heterocycles. The van der Waals surface area contributed by atoms with Gasteiger partial charge in [-0.05, 0) is 48.9 Å². The van der Waals surface area contributed by atoms with Crippen molar-refractivity contribution in [2.75, 3.05) is 0 Å². The molecular weight excluding hydrogens is 390 g/mol. The molecule has 0 aliphatic rings. The maximum absolute atomic E-state index is 12.9. The fraction of sp³-hybridized carbons (Fsp3) is 0.105. The molecule has 1 N–H and O–H groups in total. The molecule has 1 aromatic heterocycles. The number of aryl methyl sites for hydroxylation is 1. The number of aromatic nitrogens is 2. The van der Waals surface area contributed by atoms with Crippen LogP contribution in [0.25, 0.3) is 0 Å². The Balaban J connectivity index is 1.70. The van der Waals surface area contributed by atoms with E-state index in [4.69, 9.17) is 23.2 Å². The number of halogens is 3. The number of nitrogens with zero attached hydrogens (tertiary/aromatic N) is 3. The highest BCUT2D eigenvalue weighted by Crippen LogP contribution is 2.20. The first kappa shape index (κ1) is 19.1. The molecule has 0 aliphatic carbocycles. The van der Waals surface area contributed by atoms with Crippen molar-refractivity contribution in [2.24, 2.45) is 5.10 Å². The van der Waals surface area contributed by atoms with Gasteiger partial charge in [0.25, 0.3) is 5.91 Å². The van der Waals surface area contributed by atoms with Gasteiger partial charge in [0.05, 0.1) is 24.0 Å². The van der Waals surface area contributed by atoms with Crippen molar-refractivity contribution < 1.29 is 9.18 Å². The molecule has 138 valence electrons. The van der Waals surface area contributed by atoms with Crippen LogP contribution in [0.4, 0.5) is 4.39 Å². The Hall–Kier alpha value is -2.70. The number of benzene rings is 2. The summed E-state index contributed by atoms with van der Waals surface area (Å²) in [4.78, 5) is 12.0. The molecule has 0 atom stereocenters. The van der Waals surface area contributed by atoms with Crippen LogP contribution in [0.15, 0.2) is 53.6 Å². The first-order valence-corrected chi connectivity index (χ1v) is 8.76. The van der Waals surface area contributed by atoms with E-state index in [1.54, 1.807) is 23.7 Å². The zero-order chi connectivity index (χ0) is 19.4. The van der Waals surface area contributed by atoms with Gasteiger partial charge in [-0.3, -0.25) is 4.79 Å². The van der Waals surface area contributed by atoms with Crippen molar-refractivity contribution in [3.63, 3.8) is 0 Å². The lowest BCUT2D eigenvalue weighted by molar-refractivity contribution is 0.0955. The molecule has 0 spiro atoms. The standard InChI is InChI=1S/C19H15Cl2FN4O/c1-12-17(10-23-24-19(27)14-4-8-16(22)9-5-14)18(21)26(25-12)11-13-2-6-15(20)7-3-13/h2-10H,11H2,1H3,(H,24,27). The molecule has 0 radical (unpaired) electrons. The summed E-state index contributed by atoms with van der Waals surface area (Å²) in [6.45, 7) is 2.28. The topological polar surface area (TPSA) is 59.3 Å². The second-order valence-corrected chi connectivity index (χ2v) is 6.57. The second kappa shape index (κ2) is 8.33. The maximum Gasteiger partial charge on any atom is 0.271 e. The Kier molecular flexibility index (Phi) is 5.88. The summed E-state index contributed by atoms with van der Waals surface area (Å²) in [6.07, 6.45) is 1.43. The van der Waals surface area contributed by atoms with Crippen LogP contribution < -0.4 is 5.43 Å². The Bertz CT molecular complexity index is 982. The minimum absolute atomic E-state index is 0.301. The highest BCUT2D eigenvalue weighted by Gasteiger charge is 2.12. The summed E-state index contributed by atoms with van der Waals surface area (Å²) >= 11 is 12.3. The van der Waals surface area contributed by atoms with E-state index in [2.05, 4.69) is 15.6 Å². The highest BCUT2D eigenvalue weighted by atomic mass is 35.5. The van der Waals surface area contributed by atoms with Crippen molar-refractivity contribution in [1.29, 1.82) is 0 Å². The minimum Gasteiger partial charge on any atom is -0.267 e. The fourth-order valence-electron chi connectivity index (χ4n) is 2.40. The number of carbonyl (C=O) groups excluding carboxylic acids is 1. The number of rotatable bonds is 5. The minimum atomic E-state index is -0.450. The molecule has 2 aromatic carbocycles. The lowest BCUT2D eigenvalue weighted by Crippen LogP contribution is -2.17. The Morgan fingerprint density at radius 1 is 1.19 bits per heavy atom. The van der Waals surface area contributed by atoms with Gasteiger partial charge in [-0.1, -0.05) is 35.3 Å². The molecule has 3 aromatic rings. The monoisotopic (exact) mass is 404 g/mol. The number of carbonyl (C=O) groups is 1. The van der Waals surface area contributed by atoms with Gasteiger partial charge in [-0.15, -0.1) is 0 Å². The van der Waals surface area contributed by atoms with E-state index in [-0.39, 0.29) is 0 Å². The SMILES string of the molecule is Cc1nn(Cc2ccc(Cl)cc2)c(Cl)c1C=NNC(=O)c1ccc(F)cc1. The van der Waals surface area contributed by atoms with Crippen LogP contribution in [-0.2, 0) is 6.54 Å². The van der Waals surface area contributed by atoms with Crippen molar-refractivity contribution >= 4 is 35.3 Å². The largest absolute Gasteiger partial charge is 0.271 e. The molecule has 0 unspecified atom stereocenters. The summed E-state index contributed by atoms with van der Waals surface area (Å²) in [5, 5.41) is 9.38. The van der Waals surface area contributed by atoms with Gasteiger partial charge < -0.3 is 0 Å². The van der Waals surface area contributed by atoms with Gasteiger partial charge in [0.15, 0.2) is 0 Å². The highest BCUT2D eigenvalue weighted by molar-refractivity contribution is 6.32. The maximum atomic E-state index is 12.9. The van der Waals surface area contributed by atoms with Crippen molar-refractivity contribution in [2.45, 2.75) is 13.5 Å². The third kappa shape index (κ3) is 4.72. The molecule has 0 aliphatic heterocycles. The summed E-state index contributed by atoms with van der Waals surface area (Å²) in [5.41, 5.74) is 4.96. The van der Waals surface area contributed by atoms with Crippen molar-refractivity contribution in [1.82, 2.24) is 15.2 Å². The Morgan fingerprint density at radius 2 is 1.85 bits per heavy atom. The van der Waals surface area contributed by atoms with E-state index in [1.807, 2.05) is 12.1 Å². The summed E-state index contributed by atoms with van der Waals surface area (Å²) in [5.74, 6) is -0.862. The third-order valence-electron chi connectivity index (χ3n) is 3.82. The molecular formula is C19H15Cl2FN4O. The van der Waals surface area contributed by atoms with Crippen LogP contribution in [0.2, 0.25) is 10.2 Å². The number of hydrogen-bond donors (Lipinski definition) is 1. The average molecular weight is 405 g/mol. The Morgan fingerprint density at radius 3 is 2.52 bits per heavy atom. The van der Waals surface area contributed by atoms with E-state index in [0.717, 1.165) is 5.56 Å². The van der Waals surface area contributed by atoms with Crippen LogP contribution in [0.3, 0.4) is 0 Å². The van der Waals surface area contributed by atoms with Crippen molar-refractivity contribution in [3.8, 4) is 0 Å². The zero-order valence-corrected chi connectivity index (χ0v) is 15.8. The number of hydrogen-bond acceptors (Lipinski definition) is 3. The molecule has 0 bridgehead atoms. The van der Waals surface area contributed by atoms with Crippen LogP contribution >= 0.6 is 23.2 Å². The van der Waals surface area contributed by atoms with Crippen LogP contribution in [0, 0.1) is 12.7 Å². The number of amides is 1. The molecule has 5 nitrogen and oxygen atoms in total. The molecule has 8 heteroatoms. The molecule has 0 fully saturated rings. The first-order chi connectivity index (χ1) is 12.9. The average Bonchev–Trinajstić information content (AvgIpc) is 2.91. The van der Waals surface area contributed by atoms with Crippen LogP contribution in [0.1, 0.15) is 27.2 Å². The predicted molar refractivity (Wildman–Crippen MR) is 104 cm³/mol. The normalized spacial score (nSPS) is 11.1. The predicted octanol–water partition coefficient (Wildman–Crippen LogP) is 4.45. The first-order valence-electron chi connectivity index (χ1n) is 8.00. The van der Waals surface area contributed by atoms with Crippen LogP contribution in [-0.4, -0.2) is 21.9 Å². The van der Waals surface area contributed by atoms with Gasteiger partial charge in [-0.25, -0.2) is 14.5 Å². The Labute approximate surface area is 165 Å². The van der Waals surface area contributed by atoms with E-state index in [1.165, 1.54) is 30.5 Å².